The molecule has 7 nitrogen and oxygen atoms in total. The van der Waals surface area contributed by atoms with E-state index in [0.29, 0.717) is 17.6 Å². The van der Waals surface area contributed by atoms with Crippen molar-refractivity contribution in [2.24, 2.45) is 7.05 Å². The summed E-state index contributed by atoms with van der Waals surface area (Å²) in [5.41, 5.74) is 0.725. The molecule has 0 spiro atoms. The Hall–Kier alpha value is -1.63. The maximum Gasteiger partial charge on any atom is 0.334 e. The van der Waals surface area contributed by atoms with Gasteiger partial charge in [-0.3, -0.25) is 10.1 Å². The fraction of sp³-hybridized carbons (Fsp3) is 0.786. The summed E-state index contributed by atoms with van der Waals surface area (Å²) in [6.07, 6.45) is 3.14. The molecule has 2 rings (SSSR count). The standard InChI is InChI=1S/C14H25N5O2/c1-10(2)12-13(19(20)21)14(18(4)16-12)17(3)11-6-5-8-15-9-7-11/h10-11,15H,5-9H2,1-4H3. The Morgan fingerprint density at radius 3 is 2.76 bits per heavy atom. The summed E-state index contributed by atoms with van der Waals surface area (Å²) in [5, 5.41) is 19.3. The molecule has 0 amide bonds. The van der Waals surface area contributed by atoms with E-state index in [1.807, 2.05) is 25.8 Å². The zero-order chi connectivity index (χ0) is 15.6. The Bertz CT molecular complexity index is 504. The highest BCUT2D eigenvalue weighted by molar-refractivity contribution is 5.62. The summed E-state index contributed by atoms with van der Waals surface area (Å²) >= 11 is 0. The lowest BCUT2D eigenvalue weighted by Gasteiger charge is -2.28. The van der Waals surface area contributed by atoms with Crippen molar-refractivity contribution in [1.29, 1.82) is 0 Å². The highest BCUT2D eigenvalue weighted by atomic mass is 16.6. The maximum absolute atomic E-state index is 11.5. The molecular formula is C14H25N5O2. The van der Waals surface area contributed by atoms with E-state index in [9.17, 15) is 10.1 Å². The van der Waals surface area contributed by atoms with E-state index in [1.165, 1.54) is 0 Å². The van der Waals surface area contributed by atoms with Gasteiger partial charge in [0.25, 0.3) is 0 Å². The van der Waals surface area contributed by atoms with Crippen LogP contribution in [0.3, 0.4) is 0 Å². The van der Waals surface area contributed by atoms with Crippen LogP contribution in [0.2, 0.25) is 0 Å². The largest absolute Gasteiger partial charge is 0.351 e. The number of nitrogens with zero attached hydrogens (tertiary/aromatic N) is 4. The lowest BCUT2D eigenvalue weighted by atomic mass is 10.1. The van der Waals surface area contributed by atoms with Crippen LogP contribution in [0.25, 0.3) is 0 Å². The minimum atomic E-state index is -0.289. The first-order valence-corrected chi connectivity index (χ1v) is 7.58. The van der Waals surface area contributed by atoms with Crippen LogP contribution in [0.4, 0.5) is 11.5 Å². The molecule has 1 unspecified atom stereocenters. The van der Waals surface area contributed by atoms with Gasteiger partial charge < -0.3 is 10.2 Å². The molecule has 118 valence electrons. The topological polar surface area (TPSA) is 76.2 Å². The van der Waals surface area contributed by atoms with E-state index in [-0.39, 0.29) is 16.5 Å². The van der Waals surface area contributed by atoms with Crippen molar-refractivity contribution in [3.05, 3.63) is 15.8 Å². The SMILES string of the molecule is CC(C)c1nn(C)c(N(C)C2CCCNCC2)c1[N+](=O)[O-]. The Morgan fingerprint density at radius 2 is 2.14 bits per heavy atom. The maximum atomic E-state index is 11.5. The van der Waals surface area contributed by atoms with E-state index in [1.54, 1.807) is 11.7 Å². The molecule has 21 heavy (non-hydrogen) atoms. The highest BCUT2D eigenvalue weighted by Gasteiger charge is 2.33. The Balaban J connectivity index is 2.39. The molecule has 0 radical (unpaired) electrons. The summed E-state index contributed by atoms with van der Waals surface area (Å²) in [5.74, 6) is 0.658. The number of hydrogen-bond donors (Lipinski definition) is 1. The second kappa shape index (κ2) is 6.43. The lowest BCUT2D eigenvalue weighted by molar-refractivity contribution is -0.385. The molecule has 0 aliphatic carbocycles. The average Bonchev–Trinajstić information content (AvgIpc) is 2.61. The van der Waals surface area contributed by atoms with Crippen LogP contribution in [0.5, 0.6) is 0 Å². The van der Waals surface area contributed by atoms with E-state index in [0.717, 1.165) is 32.4 Å². The third-order valence-corrected chi connectivity index (χ3v) is 4.18. The molecule has 1 aromatic rings. The Labute approximate surface area is 125 Å². The molecule has 7 heteroatoms. The monoisotopic (exact) mass is 295 g/mol. The number of aromatic nitrogens is 2. The lowest BCUT2D eigenvalue weighted by Crippen LogP contribution is -2.34. The molecule has 1 saturated heterocycles. The molecule has 2 heterocycles. The van der Waals surface area contributed by atoms with Gasteiger partial charge in [-0.05, 0) is 32.4 Å². The quantitative estimate of drug-likeness (QED) is 0.679. The van der Waals surface area contributed by atoms with Gasteiger partial charge in [-0.1, -0.05) is 13.8 Å². The van der Waals surface area contributed by atoms with Crippen molar-refractivity contribution in [3.8, 4) is 0 Å². The highest BCUT2D eigenvalue weighted by Crippen LogP contribution is 2.36. The van der Waals surface area contributed by atoms with E-state index in [4.69, 9.17) is 0 Å². The first-order valence-electron chi connectivity index (χ1n) is 7.58. The van der Waals surface area contributed by atoms with Gasteiger partial charge in [0.05, 0.1) is 4.92 Å². The fourth-order valence-electron chi connectivity index (χ4n) is 3.04. The normalized spacial score (nSPS) is 19.6. The van der Waals surface area contributed by atoms with Crippen LogP contribution in [0.15, 0.2) is 0 Å². The van der Waals surface area contributed by atoms with Gasteiger partial charge in [0.15, 0.2) is 0 Å². The summed E-state index contributed by atoms with van der Waals surface area (Å²) in [6, 6.07) is 0.314. The van der Waals surface area contributed by atoms with Crippen LogP contribution >= 0.6 is 0 Å². The molecule has 0 saturated carbocycles. The molecule has 1 aromatic heterocycles. The molecule has 1 fully saturated rings. The van der Waals surface area contributed by atoms with Crippen LogP contribution in [0, 0.1) is 10.1 Å². The van der Waals surface area contributed by atoms with Crippen LogP contribution in [-0.4, -0.2) is 40.9 Å². The first kappa shape index (κ1) is 15.8. The number of aryl methyl sites for hydroxylation is 1. The van der Waals surface area contributed by atoms with Gasteiger partial charge in [0.2, 0.25) is 5.82 Å². The fourth-order valence-corrected chi connectivity index (χ4v) is 3.04. The van der Waals surface area contributed by atoms with Crippen molar-refractivity contribution in [2.45, 2.75) is 45.1 Å². The predicted molar refractivity (Wildman–Crippen MR) is 82.9 cm³/mol. The minimum Gasteiger partial charge on any atom is -0.351 e. The summed E-state index contributed by atoms with van der Waals surface area (Å²) in [6.45, 7) is 5.86. The Morgan fingerprint density at radius 1 is 1.43 bits per heavy atom. The summed E-state index contributed by atoms with van der Waals surface area (Å²) in [4.78, 5) is 13.3. The second-order valence-corrected chi connectivity index (χ2v) is 6.04. The van der Waals surface area contributed by atoms with Gasteiger partial charge in [-0.15, -0.1) is 0 Å². The van der Waals surface area contributed by atoms with Gasteiger partial charge in [-0.25, -0.2) is 4.68 Å². The van der Waals surface area contributed by atoms with Crippen molar-refractivity contribution in [1.82, 2.24) is 15.1 Å². The van der Waals surface area contributed by atoms with Crippen LogP contribution in [-0.2, 0) is 7.05 Å². The van der Waals surface area contributed by atoms with Crippen molar-refractivity contribution < 1.29 is 4.92 Å². The second-order valence-electron chi connectivity index (χ2n) is 6.04. The van der Waals surface area contributed by atoms with E-state index < -0.39 is 0 Å². The Kier molecular flexibility index (Phi) is 4.82. The van der Waals surface area contributed by atoms with Crippen molar-refractivity contribution in [3.63, 3.8) is 0 Å². The predicted octanol–water partition coefficient (Wildman–Crippen LogP) is 2.03. The molecule has 1 aliphatic heterocycles. The molecule has 1 atom stereocenters. The third-order valence-electron chi connectivity index (χ3n) is 4.18. The molecule has 1 N–H and O–H groups in total. The number of nitrogens with one attached hydrogen (secondary N) is 1. The molecule has 1 aliphatic rings. The zero-order valence-electron chi connectivity index (χ0n) is 13.3. The van der Waals surface area contributed by atoms with E-state index >= 15 is 0 Å². The molecule has 0 aromatic carbocycles. The smallest absolute Gasteiger partial charge is 0.334 e. The van der Waals surface area contributed by atoms with Crippen molar-refractivity contribution >= 4 is 11.5 Å². The summed E-state index contributed by atoms with van der Waals surface area (Å²) in [7, 11) is 3.74. The van der Waals surface area contributed by atoms with Crippen LogP contribution in [0.1, 0.15) is 44.7 Å². The van der Waals surface area contributed by atoms with Gasteiger partial charge in [-0.2, -0.15) is 5.10 Å². The number of nitro groups is 1. The number of anilines is 1. The average molecular weight is 295 g/mol. The molecular weight excluding hydrogens is 270 g/mol. The first-order chi connectivity index (χ1) is 9.93. The third kappa shape index (κ3) is 3.18. The number of rotatable bonds is 4. The van der Waals surface area contributed by atoms with Crippen LogP contribution < -0.4 is 10.2 Å². The molecule has 0 bridgehead atoms. The van der Waals surface area contributed by atoms with E-state index in [2.05, 4.69) is 10.4 Å². The zero-order valence-corrected chi connectivity index (χ0v) is 13.3. The number of hydrogen-bond acceptors (Lipinski definition) is 5. The summed E-state index contributed by atoms with van der Waals surface area (Å²) < 4.78 is 1.66. The van der Waals surface area contributed by atoms with Gasteiger partial charge >= 0.3 is 5.69 Å². The van der Waals surface area contributed by atoms with Gasteiger partial charge in [0.1, 0.15) is 5.69 Å². The minimum absolute atomic E-state index is 0.0366. The van der Waals surface area contributed by atoms with Crippen molar-refractivity contribution in [2.75, 3.05) is 25.0 Å². The van der Waals surface area contributed by atoms with Gasteiger partial charge in [0, 0.05) is 26.1 Å².